The van der Waals surface area contributed by atoms with Crippen molar-refractivity contribution >= 4 is 41.0 Å². The number of methoxy groups -OCH3 is 1. The third kappa shape index (κ3) is 9.53. The van der Waals surface area contributed by atoms with E-state index >= 15 is 0 Å². The summed E-state index contributed by atoms with van der Waals surface area (Å²) in [5, 5.41) is 3.42. The molecular formula is C30H32Cl2N2O8. The van der Waals surface area contributed by atoms with Gasteiger partial charge in [-0.25, -0.2) is 9.78 Å². The van der Waals surface area contributed by atoms with Gasteiger partial charge in [0.15, 0.2) is 17.2 Å². The molecule has 10 nitrogen and oxygen atoms in total. The number of carbonyl (C=O) groups excluding carboxylic acids is 3. The third-order valence-electron chi connectivity index (χ3n) is 6.12. The molecule has 0 fully saturated rings. The monoisotopic (exact) mass is 618 g/mol. The molecule has 3 aromatic rings. The minimum Gasteiger partial charge on any atom is -0.493 e. The SMILES string of the molecule is COc1ccnc(C(=O)N[C@@H](C)C(=O)O[C@@H](C)[C@@H](COc2ccc(Cl)cc2Cl)Cc2ccccc2)c1OCOC(C)=O. The molecule has 0 saturated carbocycles. The molecule has 0 aliphatic carbocycles. The van der Waals surface area contributed by atoms with E-state index in [4.69, 9.17) is 46.9 Å². The maximum absolute atomic E-state index is 13.1. The van der Waals surface area contributed by atoms with Crippen molar-refractivity contribution in [2.75, 3.05) is 20.5 Å². The molecule has 3 atom stereocenters. The molecule has 0 saturated heterocycles. The van der Waals surface area contributed by atoms with Crippen LogP contribution in [0.3, 0.4) is 0 Å². The second kappa shape index (κ2) is 15.8. The second-order valence-corrected chi connectivity index (χ2v) is 10.1. The highest BCUT2D eigenvalue weighted by Gasteiger charge is 2.28. The summed E-state index contributed by atoms with van der Waals surface area (Å²) in [4.78, 5) is 41.3. The number of hydrogen-bond acceptors (Lipinski definition) is 9. The van der Waals surface area contributed by atoms with Crippen LogP contribution in [0.1, 0.15) is 36.8 Å². The Bertz CT molecular complexity index is 1370. The van der Waals surface area contributed by atoms with E-state index in [1.54, 1.807) is 25.1 Å². The maximum Gasteiger partial charge on any atom is 0.328 e. The summed E-state index contributed by atoms with van der Waals surface area (Å²) in [6, 6.07) is 15.1. The number of nitrogens with zero attached hydrogens (tertiary/aromatic N) is 1. The van der Waals surface area contributed by atoms with Gasteiger partial charge in [0.1, 0.15) is 17.9 Å². The van der Waals surface area contributed by atoms with Gasteiger partial charge >= 0.3 is 11.9 Å². The predicted molar refractivity (Wildman–Crippen MR) is 156 cm³/mol. The number of esters is 2. The zero-order valence-electron chi connectivity index (χ0n) is 23.6. The zero-order valence-corrected chi connectivity index (χ0v) is 25.1. The third-order valence-corrected chi connectivity index (χ3v) is 6.65. The first-order valence-electron chi connectivity index (χ1n) is 13.0. The number of amides is 1. The molecule has 0 radical (unpaired) electrons. The normalized spacial score (nSPS) is 12.8. The molecule has 2 aromatic carbocycles. The number of carbonyl (C=O) groups is 3. The molecule has 1 N–H and O–H groups in total. The average molecular weight is 619 g/mol. The summed E-state index contributed by atoms with van der Waals surface area (Å²) in [5.74, 6) is -1.61. The number of halogens is 2. The van der Waals surface area contributed by atoms with E-state index in [9.17, 15) is 14.4 Å². The zero-order chi connectivity index (χ0) is 30.6. The van der Waals surface area contributed by atoms with Crippen LogP contribution in [0.15, 0.2) is 60.8 Å². The van der Waals surface area contributed by atoms with E-state index in [1.807, 2.05) is 30.3 Å². The molecule has 1 amide bonds. The van der Waals surface area contributed by atoms with Crippen LogP contribution < -0.4 is 19.5 Å². The summed E-state index contributed by atoms with van der Waals surface area (Å²) >= 11 is 12.3. The number of rotatable bonds is 14. The van der Waals surface area contributed by atoms with Crippen molar-refractivity contribution in [3.05, 3.63) is 82.1 Å². The van der Waals surface area contributed by atoms with Crippen LogP contribution in [-0.4, -0.2) is 55.5 Å². The lowest BCUT2D eigenvalue weighted by molar-refractivity contribution is -0.153. The highest BCUT2D eigenvalue weighted by Crippen LogP contribution is 2.30. The Morgan fingerprint density at radius 1 is 0.976 bits per heavy atom. The van der Waals surface area contributed by atoms with Crippen molar-refractivity contribution in [3.63, 3.8) is 0 Å². The number of aromatic nitrogens is 1. The topological polar surface area (TPSA) is 122 Å². The summed E-state index contributed by atoms with van der Waals surface area (Å²) in [6.45, 7) is 4.20. The Morgan fingerprint density at radius 3 is 2.38 bits per heavy atom. The Morgan fingerprint density at radius 2 is 1.71 bits per heavy atom. The summed E-state index contributed by atoms with van der Waals surface area (Å²) < 4.78 is 27.2. The molecule has 0 bridgehead atoms. The quantitative estimate of drug-likeness (QED) is 0.190. The molecule has 0 unspecified atom stereocenters. The first-order chi connectivity index (χ1) is 20.1. The predicted octanol–water partition coefficient (Wildman–Crippen LogP) is 5.28. The number of benzene rings is 2. The summed E-state index contributed by atoms with van der Waals surface area (Å²) in [5.41, 5.74) is 0.868. The van der Waals surface area contributed by atoms with Crippen molar-refractivity contribution in [2.24, 2.45) is 5.92 Å². The highest BCUT2D eigenvalue weighted by molar-refractivity contribution is 6.35. The molecular weight excluding hydrogens is 587 g/mol. The van der Waals surface area contributed by atoms with E-state index in [-0.39, 0.29) is 29.7 Å². The minimum atomic E-state index is -1.04. The molecule has 12 heteroatoms. The second-order valence-electron chi connectivity index (χ2n) is 9.26. The lowest BCUT2D eigenvalue weighted by Crippen LogP contribution is -2.42. The first-order valence-corrected chi connectivity index (χ1v) is 13.8. The fourth-order valence-electron chi connectivity index (χ4n) is 3.84. The standard InChI is InChI=1S/C30H32Cl2N2O8/c1-18(34-29(36)27-28(41-17-40-20(3)35)26(38-4)12-13-33-27)30(37)42-19(2)22(14-21-8-6-5-7-9-21)16-39-25-11-10-23(31)15-24(25)32/h5-13,15,18-19,22H,14,16-17H2,1-4H3,(H,34,36)/t18-,19-,22+/m0/s1. The molecule has 1 heterocycles. The lowest BCUT2D eigenvalue weighted by Gasteiger charge is -2.26. The van der Waals surface area contributed by atoms with Gasteiger partial charge in [0.2, 0.25) is 6.79 Å². The van der Waals surface area contributed by atoms with E-state index in [0.29, 0.717) is 22.2 Å². The molecule has 1 aromatic heterocycles. The molecule has 3 rings (SSSR count). The fourth-order valence-corrected chi connectivity index (χ4v) is 4.30. The number of pyridine rings is 1. The van der Waals surface area contributed by atoms with Crippen molar-refractivity contribution in [1.29, 1.82) is 0 Å². The highest BCUT2D eigenvalue weighted by atomic mass is 35.5. The van der Waals surface area contributed by atoms with E-state index in [1.165, 1.54) is 33.2 Å². The molecule has 0 spiro atoms. The van der Waals surface area contributed by atoms with E-state index < -0.39 is 36.8 Å². The van der Waals surface area contributed by atoms with E-state index in [2.05, 4.69) is 10.3 Å². The maximum atomic E-state index is 13.1. The number of ether oxygens (including phenoxy) is 5. The number of hydrogen-bond donors (Lipinski definition) is 1. The van der Waals surface area contributed by atoms with Crippen LogP contribution >= 0.6 is 23.2 Å². The van der Waals surface area contributed by atoms with Crippen molar-refractivity contribution < 1.29 is 38.1 Å². The average Bonchev–Trinajstić information content (AvgIpc) is 2.96. The smallest absolute Gasteiger partial charge is 0.328 e. The van der Waals surface area contributed by atoms with Crippen LogP contribution in [-0.2, 0) is 25.5 Å². The van der Waals surface area contributed by atoms with Crippen molar-refractivity contribution in [1.82, 2.24) is 10.3 Å². The molecule has 224 valence electrons. The fraction of sp³-hybridized carbons (Fsp3) is 0.333. The number of nitrogens with one attached hydrogen (secondary N) is 1. The van der Waals surface area contributed by atoms with Crippen LogP contribution in [0.25, 0.3) is 0 Å². The molecule has 0 aliphatic rings. The van der Waals surface area contributed by atoms with Crippen LogP contribution in [0, 0.1) is 5.92 Å². The van der Waals surface area contributed by atoms with Crippen molar-refractivity contribution in [3.8, 4) is 17.2 Å². The lowest BCUT2D eigenvalue weighted by atomic mass is 9.95. The van der Waals surface area contributed by atoms with Crippen LogP contribution in [0.4, 0.5) is 0 Å². The van der Waals surface area contributed by atoms with Crippen molar-refractivity contribution in [2.45, 2.75) is 39.3 Å². The van der Waals surface area contributed by atoms with Gasteiger partial charge in [0.25, 0.3) is 5.91 Å². The van der Waals surface area contributed by atoms with Gasteiger partial charge in [0, 0.05) is 30.1 Å². The van der Waals surface area contributed by atoms with Gasteiger partial charge in [0.05, 0.1) is 18.7 Å². The van der Waals surface area contributed by atoms with E-state index in [0.717, 1.165) is 5.56 Å². The minimum absolute atomic E-state index is 0.0476. The van der Waals surface area contributed by atoms with Gasteiger partial charge in [-0.1, -0.05) is 53.5 Å². The van der Waals surface area contributed by atoms with Gasteiger partial charge in [-0.3, -0.25) is 9.59 Å². The Kier molecular flexibility index (Phi) is 12.3. The van der Waals surface area contributed by atoms with Crippen LogP contribution in [0.2, 0.25) is 10.0 Å². The van der Waals surface area contributed by atoms with Gasteiger partial charge < -0.3 is 29.0 Å². The van der Waals surface area contributed by atoms with Gasteiger partial charge in [-0.15, -0.1) is 0 Å². The molecule has 0 aliphatic heterocycles. The summed E-state index contributed by atoms with van der Waals surface area (Å²) in [7, 11) is 1.38. The molecule has 42 heavy (non-hydrogen) atoms. The van der Waals surface area contributed by atoms with Gasteiger partial charge in [-0.05, 0) is 44.0 Å². The Hall–Kier alpha value is -4.02. The van der Waals surface area contributed by atoms with Crippen LogP contribution in [0.5, 0.6) is 17.2 Å². The van der Waals surface area contributed by atoms with Gasteiger partial charge in [-0.2, -0.15) is 0 Å². The Balaban J connectivity index is 1.68. The Labute approximate surface area is 254 Å². The summed E-state index contributed by atoms with van der Waals surface area (Å²) in [6.07, 6.45) is 1.30. The largest absolute Gasteiger partial charge is 0.493 e. The first kappa shape index (κ1) is 32.5.